The lowest BCUT2D eigenvalue weighted by atomic mass is 10.1. The third kappa shape index (κ3) is 3.80. The largest absolute Gasteiger partial charge is 0.464 e. The number of fused-ring (bicyclic) bond motifs is 2. The third-order valence-corrected chi connectivity index (χ3v) is 5.88. The van der Waals surface area contributed by atoms with Crippen LogP contribution < -0.4 is 10.7 Å². The number of nitriles is 1. The highest BCUT2D eigenvalue weighted by atomic mass is 19.1. The van der Waals surface area contributed by atoms with Gasteiger partial charge in [0.15, 0.2) is 5.58 Å². The van der Waals surface area contributed by atoms with E-state index in [0.717, 1.165) is 62.1 Å². The maximum Gasteiger partial charge on any atom is 0.417 e. The lowest BCUT2D eigenvalue weighted by Crippen LogP contribution is -2.46. The third-order valence-electron chi connectivity index (χ3n) is 5.88. The number of halogens is 1. The fourth-order valence-corrected chi connectivity index (χ4v) is 4.29. The van der Waals surface area contributed by atoms with Gasteiger partial charge in [-0.1, -0.05) is 0 Å². The van der Waals surface area contributed by atoms with E-state index in [-0.39, 0.29) is 0 Å². The summed E-state index contributed by atoms with van der Waals surface area (Å²) in [4.78, 5) is 18.5. The van der Waals surface area contributed by atoms with Gasteiger partial charge in [-0.2, -0.15) is 5.26 Å². The fourth-order valence-electron chi connectivity index (χ4n) is 4.29. The summed E-state index contributed by atoms with van der Waals surface area (Å²) in [6.07, 6.45) is 3.63. The van der Waals surface area contributed by atoms with Gasteiger partial charge in [-0.3, -0.25) is 9.88 Å². The number of furan rings is 1. The van der Waals surface area contributed by atoms with E-state index in [1.54, 1.807) is 12.3 Å². The van der Waals surface area contributed by atoms with E-state index < -0.39 is 11.6 Å². The van der Waals surface area contributed by atoms with Gasteiger partial charge in [0.1, 0.15) is 11.4 Å². The number of piperazine rings is 1. The van der Waals surface area contributed by atoms with Crippen molar-refractivity contribution < 1.29 is 13.2 Å². The molecule has 0 unspecified atom stereocenters. The monoisotopic (exact) mass is 420 g/mol. The van der Waals surface area contributed by atoms with E-state index in [9.17, 15) is 9.18 Å². The summed E-state index contributed by atoms with van der Waals surface area (Å²) in [5.41, 5.74) is 3.97. The molecule has 0 saturated carbocycles. The highest BCUT2D eigenvalue weighted by Crippen LogP contribution is 2.28. The lowest BCUT2D eigenvalue weighted by Gasteiger charge is -2.36. The predicted molar refractivity (Wildman–Crippen MR) is 115 cm³/mol. The number of aromatic amines is 1. The number of rotatable bonds is 5. The Morgan fingerprint density at radius 1 is 1.16 bits per heavy atom. The molecule has 0 amide bonds. The van der Waals surface area contributed by atoms with Crippen molar-refractivity contribution >= 4 is 27.8 Å². The van der Waals surface area contributed by atoms with Crippen LogP contribution in [0.25, 0.3) is 22.1 Å². The van der Waals surface area contributed by atoms with Gasteiger partial charge >= 0.3 is 5.76 Å². The van der Waals surface area contributed by atoms with Crippen LogP contribution in [0.4, 0.5) is 10.1 Å². The molecule has 7 nitrogen and oxygen atoms in total. The molecule has 158 valence electrons. The molecule has 31 heavy (non-hydrogen) atoms. The second-order valence-electron chi connectivity index (χ2n) is 7.83. The van der Waals surface area contributed by atoms with Crippen molar-refractivity contribution in [1.82, 2.24) is 9.88 Å². The maximum atomic E-state index is 14.0. The zero-order valence-electron chi connectivity index (χ0n) is 16.9. The van der Waals surface area contributed by atoms with E-state index in [0.29, 0.717) is 22.4 Å². The Balaban J connectivity index is 1.20. The number of aryl methyl sites for hydroxylation is 1. The van der Waals surface area contributed by atoms with Crippen molar-refractivity contribution in [1.29, 1.82) is 5.26 Å². The molecule has 1 saturated heterocycles. The number of aromatic nitrogens is 1. The highest BCUT2D eigenvalue weighted by Gasteiger charge is 2.21. The summed E-state index contributed by atoms with van der Waals surface area (Å²) in [6.45, 7) is 4.09. The van der Waals surface area contributed by atoms with Crippen LogP contribution in [0, 0.1) is 17.1 Å². The van der Waals surface area contributed by atoms with Crippen molar-refractivity contribution in [3.8, 4) is 6.07 Å². The summed E-state index contributed by atoms with van der Waals surface area (Å²) >= 11 is 0. The number of anilines is 1. The minimum absolute atomic E-state index is 0.384. The topological polar surface area (TPSA) is 89.4 Å². The first kappa shape index (κ1) is 19.4. The summed E-state index contributed by atoms with van der Waals surface area (Å²) in [7, 11) is 0. The van der Waals surface area contributed by atoms with Crippen LogP contribution in [0.3, 0.4) is 0 Å². The Hall–Kier alpha value is -3.57. The smallest absolute Gasteiger partial charge is 0.417 e. The predicted octanol–water partition coefficient (Wildman–Crippen LogP) is 3.63. The van der Waals surface area contributed by atoms with E-state index in [4.69, 9.17) is 14.1 Å². The van der Waals surface area contributed by atoms with Crippen molar-refractivity contribution in [3.05, 3.63) is 64.1 Å². The summed E-state index contributed by atoms with van der Waals surface area (Å²) < 4.78 is 24.8. The quantitative estimate of drug-likeness (QED) is 0.530. The zero-order valence-corrected chi connectivity index (χ0v) is 16.9. The van der Waals surface area contributed by atoms with Crippen LogP contribution >= 0.6 is 0 Å². The van der Waals surface area contributed by atoms with Crippen LogP contribution in [-0.2, 0) is 6.42 Å². The summed E-state index contributed by atoms with van der Waals surface area (Å²) in [6, 6.07) is 10.4. The molecule has 2 aromatic carbocycles. The Kier molecular flexibility index (Phi) is 4.96. The molecule has 1 aliphatic rings. The molecule has 3 heterocycles. The van der Waals surface area contributed by atoms with Gasteiger partial charge in [-0.15, -0.1) is 0 Å². The Labute approximate surface area is 177 Å². The SMILES string of the molecule is N#Cc1ccc2occ(CCCN3CCN(c4cc(F)cc5[nH]c(=O)oc45)CC3)c2c1. The van der Waals surface area contributed by atoms with Crippen LogP contribution in [0.2, 0.25) is 0 Å². The molecule has 1 N–H and O–H groups in total. The molecule has 5 rings (SSSR count). The molecule has 1 aliphatic heterocycles. The van der Waals surface area contributed by atoms with Gasteiger partial charge in [-0.05, 0) is 43.1 Å². The second kappa shape index (κ2) is 7.93. The van der Waals surface area contributed by atoms with E-state index >= 15 is 0 Å². The molecule has 0 aliphatic carbocycles. The van der Waals surface area contributed by atoms with Crippen LogP contribution in [-0.4, -0.2) is 42.6 Å². The maximum absolute atomic E-state index is 14.0. The number of H-pyrrole nitrogens is 1. The molecule has 4 aromatic rings. The van der Waals surface area contributed by atoms with Gasteiger partial charge in [0.25, 0.3) is 0 Å². The molecule has 0 atom stereocenters. The first-order valence-corrected chi connectivity index (χ1v) is 10.3. The lowest BCUT2D eigenvalue weighted by molar-refractivity contribution is 0.255. The normalized spacial score (nSPS) is 15.0. The second-order valence-corrected chi connectivity index (χ2v) is 7.83. The van der Waals surface area contributed by atoms with Crippen molar-refractivity contribution in [2.45, 2.75) is 12.8 Å². The van der Waals surface area contributed by atoms with E-state index in [2.05, 4.69) is 20.9 Å². The Bertz CT molecular complexity index is 1340. The molecular formula is C23H21FN4O3. The average molecular weight is 420 g/mol. The summed E-state index contributed by atoms with van der Waals surface area (Å²) in [5, 5.41) is 10.1. The molecular weight excluding hydrogens is 399 g/mol. The van der Waals surface area contributed by atoms with Crippen molar-refractivity contribution in [3.63, 3.8) is 0 Å². The number of hydrogen-bond acceptors (Lipinski definition) is 6. The molecule has 0 spiro atoms. The van der Waals surface area contributed by atoms with Gasteiger partial charge in [0.2, 0.25) is 0 Å². The summed E-state index contributed by atoms with van der Waals surface area (Å²) in [5.74, 6) is -0.969. The van der Waals surface area contributed by atoms with Gasteiger partial charge in [-0.25, -0.2) is 9.18 Å². The molecule has 8 heteroatoms. The van der Waals surface area contributed by atoms with Crippen LogP contribution in [0.5, 0.6) is 0 Å². The fraction of sp³-hybridized carbons (Fsp3) is 0.304. The molecule has 0 radical (unpaired) electrons. The Morgan fingerprint density at radius 3 is 2.81 bits per heavy atom. The number of hydrogen-bond donors (Lipinski definition) is 1. The molecule has 2 aromatic heterocycles. The minimum atomic E-state index is -0.575. The minimum Gasteiger partial charge on any atom is -0.464 e. The first-order chi connectivity index (χ1) is 15.1. The standard InChI is InChI=1S/C23H21FN4O3/c24-17-11-19-22(31-23(29)26-19)20(12-17)28-8-6-27(7-9-28)5-1-2-16-14-30-21-4-3-15(13-25)10-18(16)21/h3-4,10-12,14H,1-2,5-9H2,(H,26,29). The Morgan fingerprint density at radius 2 is 2.00 bits per heavy atom. The number of nitrogens with zero attached hydrogens (tertiary/aromatic N) is 3. The van der Waals surface area contributed by atoms with Crippen LogP contribution in [0.15, 0.2) is 50.2 Å². The van der Waals surface area contributed by atoms with Gasteiger partial charge < -0.3 is 13.7 Å². The number of nitrogens with one attached hydrogen (secondary N) is 1. The molecule has 0 bridgehead atoms. The number of benzene rings is 2. The highest BCUT2D eigenvalue weighted by molar-refractivity contribution is 5.86. The van der Waals surface area contributed by atoms with Gasteiger partial charge in [0.05, 0.1) is 29.1 Å². The first-order valence-electron chi connectivity index (χ1n) is 10.3. The molecule has 1 fully saturated rings. The van der Waals surface area contributed by atoms with E-state index in [1.807, 2.05) is 12.1 Å². The van der Waals surface area contributed by atoms with Crippen molar-refractivity contribution in [2.75, 3.05) is 37.6 Å². The number of oxazole rings is 1. The van der Waals surface area contributed by atoms with Crippen molar-refractivity contribution in [2.24, 2.45) is 0 Å². The van der Waals surface area contributed by atoms with E-state index in [1.165, 1.54) is 12.1 Å². The van der Waals surface area contributed by atoms with Crippen LogP contribution in [0.1, 0.15) is 17.5 Å². The average Bonchev–Trinajstić information content (AvgIpc) is 3.35. The zero-order chi connectivity index (χ0) is 21.4. The van der Waals surface area contributed by atoms with Gasteiger partial charge in [0, 0.05) is 43.7 Å².